The molecule has 5 nitrogen and oxygen atoms in total. The van der Waals surface area contributed by atoms with Gasteiger partial charge in [0, 0.05) is 4.88 Å². The van der Waals surface area contributed by atoms with Gasteiger partial charge >= 0.3 is 5.97 Å². The lowest BCUT2D eigenvalue weighted by molar-refractivity contribution is -0.120. The molecule has 0 atom stereocenters. The van der Waals surface area contributed by atoms with E-state index in [-0.39, 0.29) is 12.5 Å². The third-order valence-electron chi connectivity index (χ3n) is 3.64. The lowest BCUT2D eigenvalue weighted by atomic mass is 10.1. The summed E-state index contributed by atoms with van der Waals surface area (Å²) in [5.41, 5.74) is 2.38. The van der Waals surface area contributed by atoms with Gasteiger partial charge in [-0.15, -0.1) is 11.3 Å². The summed E-state index contributed by atoms with van der Waals surface area (Å²) in [4.78, 5) is 25.4. The maximum absolute atomic E-state index is 12.2. The van der Waals surface area contributed by atoms with E-state index in [2.05, 4.69) is 5.32 Å². The van der Waals surface area contributed by atoms with Crippen molar-refractivity contribution in [2.24, 2.45) is 0 Å². The van der Waals surface area contributed by atoms with E-state index in [4.69, 9.17) is 9.47 Å². The van der Waals surface area contributed by atoms with Crippen molar-refractivity contribution in [1.82, 2.24) is 0 Å². The van der Waals surface area contributed by atoms with Gasteiger partial charge in [0.15, 0.2) is 0 Å². The third kappa shape index (κ3) is 5.14. The number of hydrogen-bond acceptors (Lipinski definition) is 5. The molecule has 0 saturated carbocycles. The fourth-order valence-corrected chi connectivity index (χ4v) is 3.66. The minimum Gasteiger partial charge on any atom is -0.462 e. The lowest BCUT2D eigenvalue weighted by Gasteiger charge is -2.08. The fraction of sp³-hybridized carbons (Fsp3) is 0.368. The Bertz CT molecular complexity index is 725. The molecule has 0 bridgehead atoms. The van der Waals surface area contributed by atoms with Gasteiger partial charge in [-0.2, -0.15) is 0 Å². The van der Waals surface area contributed by atoms with Crippen LogP contribution in [0.3, 0.4) is 0 Å². The Morgan fingerprint density at radius 1 is 1.16 bits per heavy atom. The Kier molecular flexibility index (Phi) is 7.16. The number of aryl methyl sites for hydroxylation is 1. The summed E-state index contributed by atoms with van der Waals surface area (Å²) in [5.74, 6) is -0.686. The van der Waals surface area contributed by atoms with E-state index in [9.17, 15) is 9.59 Å². The number of ether oxygens (including phenoxy) is 2. The number of thiophene rings is 1. The van der Waals surface area contributed by atoms with E-state index >= 15 is 0 Å². The summed E-state index contributed by atoms with van der Waals surface area (Å²) in [6, 6.07) is 9.65. The fourth-order valence-electron chi connectivity index (χ4n) is 2.51. The van der Waals surface area contributed by atoms with Gasteiger partial charge in [-0.25, -0.2) is 4.79 Å². The second-order valence-electron chi connectivity index (χ2n) is 5.44. The molecule has 134 valence electrons. The molecule has 1 amide bonds. The zero-order chi connectivity index (χ0) is 18.2. The highest BCUT2D eigenvalue weighted by atomic mass is 32.1. The van der Waals surface area contributed by atoms with Gasteiger partial charge in [0.1, 0.15) is 11.6 Å². The standard InChI is InChI=1S/C19H23NO4S/c1-4-15-13(3)25-18(17(15)19(22)24-5-2)20-16(21)12-23-11-14-9-7-6-8-10-14/h6-10H,4-5,11-12H2,1-3H3,(H,20,21). The number of esters is 1. The van der Waals surface area contributed by atoms with Crippen LogP contribution in [0.15, 0.2) is 30.3 Å². The predicted octanol–water partition coefficient (Wildman–Crippen LogP) is 3.95. The minimum absolute atomic E-state index is 0.0738. The summed E-state index contributed by atoms with van der Waals surface area (Å²) in [6.07, 6.45) is 0.705. The highest BCUT2D eigenvalue weighted by molar-refractivity contribution is 7.16. The number of nitrogens with one attached hydrogen (secondary N) is 1. The van der Waals surface area contributed by atoms with Crippen LogP contribution >= 0.6 is 11.3 Å². The molecule has 0 spiro atoms. The topological polar surface area (TPSA) is 64.6 Å². The van der Waals surface area contributed by atoms with Crippen molar-refractivity contribution < 1.29 is 19.1 Å². The molecule has 1 N–H and O–H groups in total. The summed E-state index contributed by atoms with van der Waals surface area (Å²) < 4.78 is 10.6. The molecule has 0 saturated heterocycles. The highest BCUT2D eigenvalue weighted by Gasteiger charge is 2.23. The van der Waals surface area contributed by atoms with E-state index in [0.717, 1.165) is 16.0 Å². The van der Waals surface area contributed by atoms with E-state index in [1.54, 1.807) is 6.92 Å². The number of rotatable bonds is 8. The smallest absolute Gasteiger partial charge is 0.341 e. The lowest BCUT2D eigenvalue weighted by Crippen LogP contribution is -2.19. The average molecular weight is 361 g/mol. The molecule has 0 fully saturated rings. The van der Waals surface area contributed by atoms with E-state index in [0.29, 0.717) is 30.2 Å². The van der Waals surface area contributed by atoms with Crippen LogP contribution in [0, 0.1) is 6.92 Å². The maximum atomic E-state index is 12.2. The second kappa shape index (κ2) is 9.34. The average Bonchev–Trinajstić information content (AvgIpc) is 2.91. The van der Waals surface area contributed by atoms with Gasteiger partial charge in [-0.1, -0.05) is 37.3 Å². The molecule has 0 radical (unpaired) electrons. The van der Waals surface area contributed by atoms with Gasteiger partial charge in [0.05, 0.1) is 18.8 Å². The van der Waals surface area contributed by atoms with Gasteiger partial charge in [0.2, 0.25) is 0 Å². The largest absolute Gasteiger partial charge is 0.462 e. The Morgan fingerprint density at radius 3 is 2.52 bits per heavy atom. The zero-order valence-electron chi connectivity index (χ0n) is 14.8. The molecule has 0 aliphatic carbocycles. The van der Waals surface area contributed by atoms with Crippen LogP contribution in [0.4, 0.5) is 5.00 Å². The van der Waals surface area contributed by atoms with Crippen molar-refractivity contribution in [2.45, 2.75) is 33.8 Å². The monoisotopic (exact) mass is 361 g/mol. The number of hydrogen-bond donors (Lipinski definition) is 1. The maximum Gasteiger partial charge on any atom is 0.341 e. The molecule has 0 aliphatic rings. The molecule has 2 aromatic rings. The van der Waals surface area contributed by atoms with E-state index in [1.807, 2.05) is 44.2 Å². The minimum atomic E-state index is -0.399. The van der Waals surface area contributed by atoms with E-state index < -0.39 is 5.97 Å². The summed E-state index contributed by atoms with van der Waals surface area (Å²) in [6.45, 7) is 6.27. The molecule has 6 heteroatoms. The van der Waals surface area contributed by atoms with Gasteiger partial charge in [-0.3, -0.25) is 4.79 Å². The molecule has 1 aromatic heterocycles. The number of benzene rings is 1. The van der Waals surface area contributed by atoms with Crippen molar-refractivity contribution in [3.05, 3.63) is 51.9 Å². The molecular formula is C19H23NO4S. The van der Waals surface area contributed by atoms with Crippen LogP contribution in [0.25, 0.3) is 0 Å². The quantitative estimate of drug-likeness (QED) is 0.723. The highest BCUT2D eigenvalue weighted by Crippen LogP contribution is 2.34. The first-order chi connectivity index (χ1) is 12.1. The Labute approximate surface area is 152 Å². The number of amides is 1. The Hall–Kier alpha value is -2.18. The second-order valence-corrected chi connectivity index (χ2v) is 6.67. The van der Waals surface area contributed by atoms with Crippen LogP contribution in [-0.2, 0) is 27.3 Å². The summed E-state index contributed by atoms with van der Waals surface area (Å²) in [7, 11) is 0. The first kappa shape index (κ1) is 19.1. The van der Waals surface area contributed by atoms with Crippen LogP contribution < -0.4 is 5.32 Å². The van der Waals surface area contributed by atoms with Gasteiger partial charge in [-0.05, 0) is 31.4 Å². The van der Waals surface area contributed by atoms with Gasteiger partial charge in [0.25, 0.3) is 5.91 Å². The zero-order valence-corrected chi connectivity index (χ0v) is 15.6. The van der Waals surface area contributed by atoms with Crippen molar-refractivity contribution in [1.29, 1.82) is 0 Å². The molecule has 0 unspecified atom stereocenters. The normalized spacial score (nSPS) is 10.5. The summed E-state index contributed by atoms with van der Waals surface area (Å²) >= 11 is 1.39. The Balaban J connectivity index is 2.01. The molecule has 1 aromatic carbocycles. The molecule has 0 aliphatic heterocycles. The van der Waals surface area contributed by atoms with Crippen LogP contribution in [-0.4, -0.2) is 25.1 Å². The SMILES string of the molecule is CCOC(=O)c1c(NC(=O)COCc2ccccc2)sc(C)c1CC. The van der Waals surface area contributed by atoms with Crippen molar-refractivity contribution in [2.75, 3.05) is 18.5 Å². The first-order valence-electron chi connectivity index (χ1n) is 8.27. The number of carbonyl (C=O) groups excluding carboxylic acids is 2. The van der Waals surface area contributed by atoms with Crippen LogP contribution in [0.2, 0.25) is 0 Å². The first-order valence-corrected chi connectivity index (χ1v) is 9.09. The predicted molar refractivity (Wildman–Crippen MR) is 99.1 cm³/mol. The number of anilines is 1. The summed E-state index contributed by atoms with van der Waals surface area (Å²) in [5, 5.41) is 3.31. The van der Waals surface area contributed by atoms with E-state index in [1.165, 1.54) is 11.3 Å². The van der Waals surface area contributed by atoms with Crippen LogP contribution in [0.5, 0.6) is 0 Å². The van der Waals surface area contributed by atoms with Crippen molar-refractivity contribution in [3.63, 3.8) is 0 Å². The molecular weight excluding hydrogens is 338 g/mol. The Morgan fingerprint density at radius 2 is 1.88 bits per heavy atom. The third-order valence-corrected chi connectivity index (χ3v) is 4.70. The van der Waals surface area contributed by atoms with Crippen molar-refractivity contribution in [3.8, 4) is 0 Å². The van der Waals surface area contributed by atoms with Crippen molar-refractivity contribution >= 4 is 28.2 Å². The van der Waals surface area contributed by atoms with Crippen LogP contribution in [0.1, 0.15) is 40.2 Å². The van der Waals surface area contributed by atoms with Gasteiger partial charge < -0.3 is 14.8 Å². The molecule has 1 heterocycles. The molecule has 2 rings (SSSR count). The number of carbonyl (C=O) groups is 2. The molecule has 25 heavy (non-hydrogen) atoms.